The molecule has 0 spiro atoms. The Labute approximate surface area is 114 Å². The maximum atomic E-state index is 11.3. The molecule has 0 bridgehead atoms. The van der Waals surface area contributed by atoms with Crippen molar-refractivity contribution >= 4 is 5.97 Å². The summed E-state index contributed by atoms with van der Waals surface area (Å²) in [5.41, 5.74) is 3.50. The van der Waals surface area contributed by atoms with Crippen LogP contribution in [0.4, 0.5) is 0 Å². The van der Waals surface area contributed by atoms with E-state index in [0.29, 0.717) is 0 Å². The topological polar surface area (TPSA) is 46.5 Å². The van der Waals surface area contributed by atoms with Crippen LogP contribution in [0.15, 0.2) is 12.1 Å². The molecule has 0 heterocycles. The Balaban J connectivity index is 2.19. The molecule has 0 aliphatic heterocycles. The van der Waals surface area contributed by atoms with Gasteiger partial charge in [0, 0.05) is 0 Å². The second-order valence-electron chi connectivity index (χ2n) is 5.59. The van der Waals surface area contributed by atoms with Gasteiger partial charge in [-0.2, -0.15) is 0 Å². The van der Waals surface area contributed by atoms with E-state index >= 15 is 0 Å². The Morgan fingerprint density at radius 3 is 2.42 bits per heavy atom. The molecule has 0 radical (unpaired) electrons. The van der Waals surface area contributed by atoms with Crippen LogP contribution >= 0.6 is 0 Å². The zero-order chi connectivity index (χ0) is 14.0. The first kappa shape index (κ1) is 13.9. The molecule has 1 aliphatic carbocycles. The number of rotatable bonds is 3. The average Bonchev–Trinajstić information content (AvgIpc) is 2.36. The summed E-state index contributed by atoms with van der Waals surface area (Å²) in [6.07, 6.45) is 3.42. The third-order valence-corrected chi connectivity index (χ3v) is 4.09. The maximum Gasteiger partial charge on any atom is 0.310 e. The van der Waals surface area contributed by atoms with Crippen LogP contribution in [0.2, 0.25) is 0 Å². The molecule has 2 atom stereocenters. The van der Waals surface area contributed by atoms with Gasteiger partial charge in [-0.3, -0.25) is 4.79 Å². The minimum absolute atomic E-state index is 0.188. The summed E-state index contributed by atoms with van der Waals surface area (Å²) in [7, 11) is 0. The minimum Gasteiger partial charge on any atom is -0.489 e. The molecule has 0 amide bonds. The van der Waals surface area contributed by atoms with Gasteiger partial charge in [0.25, 0.3) is 0 Å². The average molecular weight is 262 g/mol. The Morgan fingerprint density at radius 2 is 1.74 bits per heavy atom. The van der Waals surface area contributed by atoms with Crippen molar-refractivity contribution in [1.82, 2.24) is 0 Å². The highest BCUT2D eigenvalue weighted by Gasteiger charge is 2.32. The number of ether oxygens (including phenoxy) is 1. The molecule has 1 aromatic carbocycles. The maximum absolute atomic E-state index is 11.3. The van der Waals surface area contributed by atoms with Gasteiger partial charge in [-0.25, -0.2) is 0 Å². The molecular formula is C16H22O3. The molecule has 19 heavy (non-hydrogen) atoms. The summed E-state index contributed by atoms with van der Waals surface area (Å²) >= 11 is 0. The van der Waals surface area contributed by atoms with Crippen LogP contribution in [-0.2, 0) is 4.79 Å². The van der Waals surface area contributed by atoms with E-state index in [1.54, 1.807) is 0 Å². The van der Waals surface area contributed by atoms with Crippen LogP contribution < -0.4 is 4.74 Å². The van der Waals surface area contributed by atoms with E-state index in [0.717, 1.165) is 37.0 Å². The second kappa shape index (κ2) is 5.64. The summed E-state index contributed by atoms with van der Waals surface area (Å²) < 4.78 is 6.02. The number of hydrogen-bond acceptors (Lipinski definition) is 2. The van der Waals surface area contributed by atoms with Crippen molar-refractivity contribution in [2.75, 3.05) is 0 Å². The molecule has 3 heteroatoms. The first-order valence-electron chi connectivity index (χ1n) is 6.96. The Morgan fingerprint density at radius 1 is 1.11 bits per heavy atom. The smallest absolute Gasteiger partial charge is 0.310 e. The fourth-order valence-corrected chi connectivity index (χ4v) is 2.74. The van der Waals surface area contributed by atoms with Crippen molar-refractivity contribution < 1.29 is 14.6 Å². The molecule has 2 unspecified atom stereocenters. The van der Waals surface area contributed by atoms with E-state index in [9.17, 15) is 9.90 Å². The fourth-order valence-electron chi connectivity index (χ4n) is 2.74. The first-order chi connectivity index (χ1) is 8.99. The van der Waals surface area contributed by atoms with Gasteiger partial charge in [0.1, 0.15) is 11.9 Å². The number of carboxylic acids is 1. The number of hydrogen-bond donors (Lipinski definition) is 1. The van der Waals surface area contributed by atoms with Crippen molar-refractivity contribution in [1.29, 1.82) is 0 Å². The summed E-state index contributed by atoms with van der Waals surface area (Å²) in [5, 5.41) is 9.27. The normalized spacial score (nSPS) is 23.1. The molecule has 3 nitrogen and oxygen atoms in total. The quantitative estimate of drug-likeness (QED) is 0.904. The summed E-state index contributed by atoms with van der Waals surface area (Å²) in [6.45, 7) is 6.14. The number of benzene rings is 1. The van der Waals surface area contributed by atoms with E-state index in [1.807, 2.05) is 13.0 Å². The van der Waals surface area contributed by atoms with E-state index in [4.69, 9.17) is 4.74 Å². The Bertz CT molecular complexity index is 479. The fraction of sp³-hybridized carbons (Fsp3) is 0.562. The van der Waals surface area contributed by atoms with Crippen molar-refractivity contribution in [2.45, 2.75) is 52.6 Å². The molecule has 104 valence electrons. The summed E-state index contributed by atoms with van der Waals surface area (Å²) in [4.78, 5) is 11.3. The van der Waals surface area contributed by atoms with Gasteiger partial charge >= 0.3 is 5.97 Å². The molecule has 1 aromatic rings. The predicted octanol–water partition coefficient (Wildman–Crippen LogP) is 3.63. The lowest BCUT2D eigenvalue weighted by Crippen LogP contribution is -2.35. The molecule has 1 fully saturated rings. The molecule has 1 N–H and O–H groups in total. The van der Waals surface area contributed by atoms with Crippen LogP contribution in [0.5, 0.6) is 5.75 Å². The molecule has 1 saturated carbocycles. The number of carbonyl (C=O) groups is 1. The number of aliphatic carboxylic acids is 1. The Hall–Kier alpha value is -1.51. The standard InChI is InChI=1S/C16H22O3/c1-10-8-12(3)15(9-11(10)2)19-14-7-5-4-6-13(14)16(17)18/h8-9,13-14H,4-7H2,1-3H3,(H,17,18). The summed E-state index contributed by atoms with van der Waals surface area (Å²) in [6, 6.07) is 4.13. The SMILES string of the molecule is Cc1cc(C)c(OC2CCCCC2C(=O)O)cc1C. The highest BCUT2D eigenvalue weighted by atomic mass is 16.5. The third kappa shape index (κ3) is 3.09. The van der Waals surface area contributed by atoms with Gasteiger partial charge in [-0.1, -0.05) is 12.5 Å². The van der Waals surface area contributed by atoms with Crippen LogP contribution in [-0.4, -0.2) is 17.2 Å². The second-order valence-corrected chi connectivity index (χ2v) is 5.59. The van der Waals surface area contributed by atoms with Crippen LogP contribution in [0.3, 0.4) is 0 Å². The van der Waals surface area contributed by atoms with Crippen LogP contribution in [0.25, 0.3) is 0 Å². The number of aryl methyl sites for hydroxylation is 3. The highest BCUT2D eigenvalue weighted by molar-refractivity contribution is 5.71. The minimum atomic E-state index is -0.730. The van der Waals surface area contributed by atoms with Gasteiger partial charge in [0.05, 0.1) is 5.92 Å². The van der Waals surface area contributed by atoms with E-state index in [-0.39, 0.29) is 12.0 Å². The lowest BCUT2D eigenvalue weighted by Gasteiger charge is -2.29. The lowest BCUT2D eigenvalue weighted by atomic mass is 9.86. The molecule has 0 aromatic heterocycles. The van der Waals surface area contributed by atoms with E-state index in [1.165, 1.54) is 11.1 Å². The van der Waals surface area contributed by atoms with Crippen molar-refractivity contribution in [3.05, 3.63) is 28.8 Å². The van der Waals surface area contributed by atoms with E-state index < -0.39 is 5.97 Å². The third-order valence-electron chi connectivity index (χ3n) is 4.09. The monoisotopic (exact) mass is 262 g/mol. The van der Waals surface area contributed by atoms with Gasteiger partial charge in [-0.05, 0) is 62.8 Å². The van der Waals surface area contributed by atoms with Crippen LogP contribution in [0.1, 0.15) is 42.4 Å². The van der Waals surface area contributed by atoms with Crippen LogP contribution in [0, 0.1) is 26.7 Å². The van der Waals surface area contributed by atoms with Crippen molar-refractivity contribution in [2.24, 2.45) is 5.92 Å². The zero-order valence-electron chi connectivity index (χ0n) is 11.9. The Kier molecular flexibility index (Phi) is 4.13. The zero-order valence-corrected chi connectivity index (χ0v) is 11.9. The van der Waals surface area contributed by atoms with Gasteiger partial charge in [0.2, 0.25) is 0 Å². The molecule has 2 rings (SSSR count). The van der Waals surface area contributed by atoms with Gasteiger partial charge in [-0.15, -0.1) is 0 Å². The van der Waals surface area contributed by atoms with E-state index in [2.05, 4.69) is 19.9 Å². The van der Waals surface area contributed by atoms with Gasteiger partial charge in [0.15, 0.2) is 0 Å². The lowest BCUT2D eigenvalue weighted by molar-refractivity contribution is -0.146. The largest absolute Gasteiger partial charge is 0.489 e. The molecular weight excluding hydrogens is 240 g/mol. The number of carboxylic acid groups (broad SMARTS) is 1. The first-order valence-corrected chi connectivity index (χ1v) is 6.96. The molecule has 0 saturated heterocycles. The predicted molar refractivity (Wildman–Crippen MR) is 74.7 cm³/mol. The highest BCUT2D eigenvalue weighted by Crippen LogP contribution is 2.31. The van der Waals surface area contributed by atoms with Gasteiger partial charge < -0.3 is 9.84 Å². The van der Waals surface area contributed by atoms with Crippen molar-refractivity contribution in [3.63, 3.8) is 0 Å². The summed E-state index contributed by atoms with van der Waals surface area (Å²) in [5.74, 6) is -0.262. The van der Waals surface area contributed by atoms with Crippen molar-refractivity contribution in [3.8, 4) is 5.75 Å². The molecule has 1 aliphatic rings.